The molecule has 2 aromatic rings. The van der Waals surface area contributed by atoms with Crippen LogP contribution in [0.25, 0.3) is 0 Å². The summed E-state index contributed by atoms with van der Waals surface area (Å²) >= 11 is 7.11. The largest absolute Gasteiger partial charge is 0.457 e. The minimum absolute atomic E-state index is 0.109. The topological polar surface area (TPSA) is 83.2 Å². The van der Waals surface area contributed by atoms with Crippen molar-refractivity contribution < 1.29 is 9.16 Å². The summed E-state index contributed by atoms with van der Waals surface area (Å²) in [6.45, 7) is 11.4. The smallest absolute Gasteiger partial charge is 0.296 e. The van der Waals surface area contributed by atoms with Crippen molar-refractivity contribution in [3.05, 3.63) is 29.0 Å². The molecule has 0 amide bonds. The van der Waals surface area contributed by atoms with Gasteiger partial charge in [-0.25, -0.2) is 0 Å². The first-order valence-electron chi connectivity index (χ1n) is 7.59. The van der Waals surface area contributed by atoms with E-state index in [4.69, 9.17) is 26.5 Å². The number of nitrogens with zero attached hydrogens (tertiary/aromatic N) is 3. The van der Waals surface area contributed by atoms with Gasteiger partial charge in [-0.1, -0.05) is 37.5 Å². The molecular weight excluding hydrogens is 364 g/mol. The maximum atomic E-state index is 6.29. The van der Waals surface area contributed by atoms with Gasteiger partial charge in [0.05, 0.1) is 17.3 Å². The fourth-order valence-corrected chi connectivity index (χ4v) is 3.27. The van der Waals surface area contributed by atoms with Crippen molar-refractivity contribution in [2.45, 2.75) is 45.0 Å². The average Bonchev–Trinajstić information content (AvgIpc) is 2.88. The van der Waals surface area contributed by atoms with Gasteiger partial charge in [0.25, 0.3) is 5.19 Å². The van der Waals surface area contributed by atoms with Gasteiger partial charge < -0.3 is 14.9 Å². The molecular formula is C15H23ClN4O2SSi. The van der Waals surface area contributed by atoms with E-state index in [9.17, 15) is 0 Å². The molecule has 0 aliphatic carbocycles. The molecule has 1 atom stereocenters. The molecule has 0 radical (unpaired) electrons. The van der Waals surface area contributed by atoms with Crippen LogP contribution in [0.4, 0.5) is 5.13 Å². The molecule has 2 rings (SSSR count). The highest BCUT2D eigenvalue weighted by molar-refractivity contribution is 7.16. The van der Waals surface area contributed by atoms with Gasteiger partial charge in [0, 0.05) is 6.20 Å². The molecule has 2 heterocycles. The Morgan fingerprint density at radius 2 is 2.00 bits per heavy atom. The van der Waals surface area contributed by atoms with E-state index in [0.29, 0.717) is 22.0 Å². The first kappa shape index (κ1) is 19.1. The predicted octanol–water partition coefficient (Wildman–Crippen LogP) is 4.31. The Morgan fingerprint density at radius 3 is 2.50 bits per heavy atom. The van der Waals surface area contributed by atoms with Crippen LogP contribution in [0, 0.1) is 0 Å². The number of nitrogens with two attached hydrogens (primary N) is 1. The monoisotopic (exact) mass is 386 g/mol. The second-order valence-electron chi connectivity index (χ2n) is 6.99. The zero-order valence-corrected chi connectivity index (χ0v) is 17.1. The molecule has 0 bridgehead atoms. The van der Waals surface area contributed by atoms with Gasteiger partial charge in [-0.3, -0.25) is 4.98 Å². The number of pyridine rings is 1. The molecule has 0 aliphatic rings. The highest BCUT2D eigenvalue weighted by Crippen LogP contribution is 2.37. The SMILES string of the molecule is CC(C)(C)[Si](C)(C)OCC(Oc1nnc(N)s1)c1ccc(Cl)cn1. The lowest BCUT2D eigenvalue weighted by Crippen LogP contribution is -2.42. The molecule has 9 heteroatoms. The number of ether oxygens (including phenoxy) is 1. The van der Waals surface area contributed by atoms with Gasteiger partial charge in [-0.2, -0.15) is 0 Å². The first-order chi connectivity index (χ1) is 11.1. The molecule has 0 fully saturated rings. The van der Waals surface area contributed by atoms with E-state index in [1.54, 1.807) is 12.3 Å². The van der Waals surface area contributed by atoms with E-state index in [1.807, 2.05) is 6.07 Å². The van der Waals surface area contributed by atoms with Crippen LogP contribution in [0.3, 0.4) is 0 Å². The Morgan fingerprint density at radius 1 is 1.29 bits per heavy atom. The minimum atomic E-state index is -1.91. The Hall–Kier alpha value is -1.22. The number of rotatable bonds is 6. The molecule has 2 N–H and O–H groups in total. The van der Waals surface area contributed by atoms with E-state index >= 15 is 0 Å². The normalized spacial score (nSPS) is 13.8. The van der Waals surface area contributed by atoms with Gasteiger partial charge in [-0.15, -0.1) is 5.10 Å². The number of aromatic nitrogens is 3. The van der Waals surface area contributed by atoms with Crippen molar-refractivity contribution in [3.63, 3.8) is 0 Å². The summed E-state index contributed by atoms with van der Waals surface area (Å²) in [5, 5.41) is 9.13. The first-order valence-corrected chi connectivity index (χ1v) is 11.7. The Bertz CT molecular complexity index is 673. The van der Waals surface area contributed by atoms with Crippen molar-refractivity contribution in [3.8, 4) is 5.19 Å². The summed E-state index contributed by atoms with van der Waals surface area (Å²) in [5.74, 6) is 0. The molecule has 0 saturated carbocycles. The molecule has 1 unspecified atom stereocenters. The van der Waals surface area contributed by atoms with Gasteiger partial charge in [0.2, 0.25) is 5.13 Å². The second kappa shape index (κ2) is 7.34. The van der Waals surface area contributed by atoms with Crippen LogP contribution >= 0.6 is 22.9 Å². The molecule has 6 nitrogen and oxygen atoms in total. The third-order valence-electron chi connectivity index (χ3n) is 4.15. The zero-order valence-electron chi connectivity index (χ0n) is 14.5. The molecule has 0 aliphatic heterocycles. The van der Waals surface area contributed by atoms with Crippen molar-refractivity contribution in [1.29, 1.82) is 0 Å². The van der Waals surface area contributed by atoms with Crippen molar-refractivity contribution in [2.75, 3.05) is 12.3 Å². The Kier molecular flexibility index (Phi) is 5.85. The summed E-state index contributed by atoms with van der Waals surface area (Å²) in [5.41, 5.74) is 6.35. The van der Waals surface area contributed by atoms with Gasteiger partial charge in [0.1, 0.15) is 0 Å². The standard InChI is InChI=1S/C15H23ClN4O2SSi/c1-15(2,3)24(4,5)21-9-12(11-7-6-10(16)8-18-11)22-14-20-19-13(17)23-14/h6-8,12H,9H2,1-5H3,(H2,17,19). The second-order valence-corrected chi connectivity index (χ2v) is 13.2. The van der Waals surface area contributed by atoms with Crippen molar-refractivity contribution in [2.24, 2.45) is 0 Å². The van der Waals surface area contributed by atoms with Crippen molar-refractivity contribution in [1.82, 2.24) is 15.2 Å². The minimum Gasteiger partial charge on any atom is -0.457 e. The molecule has 0 saturated heterocycles. The van der Waals surface area contributed by atoms with Crippen LogP contribution in [0.5, 0.6) is 5.19 Å². The van der Waals surface area contributed by atoms with Crippen LogP contribution in [0.15, 0.2) is 18.3 Å². The van der Waals surface area contributed by atoms with E-state index in [0.717, 1.165) is 5.69 Å². The van der Waals surface area contributed by atoms with Crippen molar-refractivity contribution >= 4 is 36.4 Å². The molecule has 0 spiro atoms. The fraction of sp³-hybridized carbons (Fsp3) is 0.533. The lowest BCUT2D eigenvalue weighted by Gasteiger charge is -2.37. The maximum absolute atomic E-state index is 6.29. The van der Waals surface area contributed by atoms with Crippen LogP contribution in [0.2, 0.25) is 23.2 Å². The number of hydrogen-bond donors (Lipinski definition) is 1. The summed E-state index contributed by atoms with van der Waals surface area (Å²) in [6, 6.07) is 3.60. The number of hydrogen-bond acceptors (Lipinski definition) is 7. The molecule has 132 valence electrons. The van der Waals surface area contributed by atoms with Crippen LogP contribution in [0.1, 0.15) is 32.6 Å². The van der Waals surface area contributed by atoms with E-state index in [1.165, 1.54) is 11.3 Å². The fourth-order valence-electron chi connectivity index (χ4n) is 1.65. The summed E-state index contributed by atoms with van der Waals surface area (Å²) in [7, 11) is -1.91. The quantitative estimate of drug-likeness (QED) is 0.744. The predicted molar refractivity (Wildman–Crippen MR) is 100 cm³/mol. The molecule has 2 aromatic heterocycles. The number of anilines is 1. The Balaban J connectivity index is 2.18. The third kappa shape index (κ3) is 4.89. The van der Waals surface area contributed by atoms with Crippen LogP contribution in [-0.4, -0.2) is 30.1 Å². The lowest BCUT2D eigenvalue weighted by molar-refractivity contribution is 0.116. The third-order valence-corrected chi connectivity index (χ3v) is 9.51. The highest BCUT2D eigenvalue weighted by atomic mass is 35.5. The lowest BCUT2D eigenvalue weighted by atomic mass is 10.2. The number of halogens is 1. The summed E-state index contributed by atoms with van der Waals surface area (Å²) in [6.07, 6.45) is 1.19. The average molecular weight is 387 g/mol. The zero-order chi connectivity index (χ0) is 18.0. The van der Waals surface area contributed by atoms with Gasteiger partial charge >= 0.3 is 0 Å². The highest BCUT2D eigenvalue weighted by Gasteiger charge is 2.38. The summed E-state index contributed by atoms with van der Waals surface area (Å²) < 4.78 is 12.2. The van der Waals surface area contributed by atoms with E-state index in [-0.39, 0.29) is 5.04 Å². The van der Waals surface area contributed by atoms with E-state index < -0.39 is 14.4 Å². The van der Waals surface area contributed by atoms with Gasteiger partial charge in [0.15, 0.2) is 14.4 Å². The Labute approximate surface area is 152 Å². The van der Waals surface area contributed by atoms with Gasteiger partial charge in [-0.05, 0) is 41.6 Å². The molecule has 0 aromatic carbocycles. The van der Waals surface area contributed by atoms with E-state index in [2.05, 4.69) is 49.0 Å². The molecule has 24 heavy (non-hydrogen) atoms. The van der Waals surface area contributed by atoms with Crippen LogP contribution < -0.4 is 10.5 Å². The number of nitrogen functional groups attached to an aromatic ring is 1. The summed E-state index contributed by atoms with van der Waals surface area (Å²) in [4.78, 5) is 4.35. The van der Waals surface area contributed by atoms with Crippen LogP contribution in [-0.2, 0) is 4.43 Å². The maximum Gasteiger partial charge on any atom is 0.296 e.